The average Bonchev–Trinajstić information content (AvgIpc) is 2.72. The predicted molar refractivity (Wildman–Crippen MR) is 107 cm³/mol. The van der Waals surface area contributed by atoms with Gasteiger partial charge in [0.2, 0.25) is 5.78 Å². The number of benzene rings is 1. The second-order valence-corrected chi connectivity index (χ2v) is 6.94. The van der Waals surface area contributed by atoms with E-state index in [9.17, 15) is 27.2 Å². The highest BCUT2D eigenvalue weighted by molar-refractivity contribution is 6.19. The molecule has 1 aliphatic rings. The molecule has 1 aromatic rings. The summed E-state index contributed by atoms with van der Waals surface area (Å²) in [4.78, 5) is 30.7. The molecule has 0 aliphatic carbocycles. The molecule has 0 radical (unpaired) electrons. The zero-order valence-electron chi connectivity index (χ0n) is 17.4. The van der Waals surface area contributed by atoms with Gasteiger partial charge in [-0.05, 0) is 19.1 Å². The van der Waals surface area contributed by atoms with Crippen LogP contribution in [-0.4, -0.2) is 68.5 Å². The van der Waals surface area contributed by atoms with E-state index >= 15 is 0 Å². The number of halogens is 4. The molecule has 0 saturated carbocycles. The number of carbonyl (C=O) groups is 2. The SMILES string of the molecule is CC(N)=C(C(=O)OCC(=O)c1cccc(C(F)(F)F)c1F)C(N)=NCCN1CCOCC1. The highest BCUT2D eigenvalue weighted by Gasteiger charge is 2.35. The third-order valence-corrected chi connectivity index (χ3v) is 4.60. The molecule has 32 heavy (non-hydrogen) atoms. The van der Waals surface area contributed by atoms with Crippen molar-refractivity contribution in [2.45, 2.75) is 13.1 Å². The van der Waals surface area contributed by atoms with E-state index in [0.717, 1.165) is 25.2 Å². The summed E-state index contributed by atoms with van der Waals surface area (Å²) in [5, 5.41) is 0. The molecule has 2 rings (SSSR count). The summed E-state index contributed by atoms with van der Waals surface area (Å²) in [7, 11) is 0. The molecule has 0 atom stereocenters. The summed E-state index contributed by atoms with van der Waals surface area (Å²) < 4.78 is 62.6. The summed E-state index contributed by atoms with van der Waals surface area (Å²) in [6.45, 7) is 3.91. The van der Waals surface area contributed by atoms with Crippen LogP contribution >= 0.6 is 0 Å². The van der Waals surface area contributed by atoms with Gasteiger partial charge in [0.15, 0.2) is 6.61 Å². The molecule has 176 valence electrons. The maximum Gasteiger partial charge on any atom is 0.419 e. The first kappa shape index (κ1) is 25.3. The molecule has 12 heteroatoms. The molecule has 0 amide bonds. The molecular formula is C20H24F4N4O4. The highest BCUT2D eigenvalue weighted by Crippen LogP contribution is 2.32. The lowest BCUT2D eigenvalue weighted by Gasteiger charge is -2.25. The third-order valence-electron chi connectivity index (χ3n) is 4.60. The van der Waals surface area contributed by atoms with Gasteiger partial charge in [0, 0.05) is 25.3 Å². The van der Waals surface area contributed by atoms with Crippen molar-refractivity contribution in [2.24, 2.45) is 16.5 Å². The molecule has 8 nitrogen and oxygen atoms in total. The first-order valence-corrected chi connectivity index (χ1v) is 9.65. The second-order valence-electron chi connectivity index (χ2n) is 6.94. The van der Waals surface area contributed by atoms with Crippen molar-refractivity contribution in [3.63, 3.8) is 0 Å². The Balaban J connectivity index is 2.02. The number of hydrogen-bond donors (Lipinski definition) is 2. The monoisotopic (exact) mass is 460 g/mol. The lowest BCUT2D eigenvalue weighted by atomic mass is 10.1. The Morgan fingerprint density at radius 3 is 2.47 bits per heavy atom. The van der Waals surface area contributed by atoms with Gasteiger partial charge in [-0.2, -0.15) is 13.2 Å². The zero-order valence-corrected chi connectivity index (χ0v) is 17.4. The summed E-state index contributed by atoms with van der Waals surface area (Å²) in [5.74, 6) is -4.20. The highest BCUT2D eigenvalue weighted by atomic mass is 19.4. The van der Waals surface area contributed by atoms with Gasteiger partial charge in [-0.3, -0.25) is 14.7 Å². The normalized spacial score (nSPS) is 16.5. The largest absolute Gasteiger partial charge is 0.454 e. The topological polar surface area (TPSA) is 120 Å². The number of hydrogen-bond acceptors (Lipinski definition) is 7. The van der Waals surface area contributed by atoms with Crippen LogP contribution in [0.3, 0.4) is 0 Å². The van der Waals surface area contributed by atoms with Crippen molar-refractivity contribution >= 4 is 17.6 Å². The number of morpholine rings is 1. The van der Waals surface area contributed by atoms with Crippen LogP contribution in [0.1, 0.15) is 22.8 Å². The number of alkyl halides is 3. The van der Waals surface area contributed by atoms with Crippen LogP contribution in [-0.2, 0) is 20.4 Å². The zero-order chi connectivity index (χ0) is 23.9. The molecule has 4 N–H and O–H groups in total. The van der Waals surface area contributed by atoms with Crippen molar-refractivity contribution in [3.05, 3.63) is 46.4 Å². The molecular weight excluding hydrogens is 436 g/mol. The fourth-order valence-electron chi connectivity index (χ4n) is 2.93. The van der Waals surface area contributed by atoms with Gasteiger partial charge in [-0.1, -0.05) is 6.07 Å². The quantitative estimate of drug-likeness (QED) is 0.151. The average molecular weight is 460 g/mol. The van der Waals surface area contributed by atoms with Crippen LogP contribution < -0.4 is 11.5 Å². The second kappa shape index (κ2) is 11.0. The maximum atomic E-state index is 14.1. The third kappa shape index (κ3) is 6.76. The van der Waals surface area contributed by atoms with Crippen LogP contribution in [0, 0.1) is 5.82 Å². The number of esters is 1. The van der Waals surface area contributed by atoms with E-state index in [-0.39, 0.29) is 23.7 Å². The van der Waals surface area contributed by atoms with E-state index in [1.165, 1.54) is 6.92 Å². The number of ether oxygens (including phenoxy) is 2. The molecule has 0 aromatic heterocycles. The van der Waals surface area contributed by atoms with Gasteiger partial charge >= 0.3 is 12.1 Å². The van der Waals surface area contributed by atoms with E-state index in [2.05, 4.69) is 9.89 Å². The summed E-state index contributed by atoms with van der Waals surface area (Å²) >= 11 is 0. The first-order chi connectivity index (χ1) is 15.0. The predicted octanol–water partition coefficient (Wildman–Crippen LogP) is 1.49. The van der Waals surface area contributed by atoms with Crippen LogP contribution in [0.2, 0.25) is 0 Å². The Morgan fingerprint density at radius 2 is 1.88 bits per heavy atom. The lowest BCUT2D eigenvalue weighted by molar-refractivity contribution is -0.140. The molecule has 1 aromatic carbocycles. The number of amidine groups is 1. The Bertz CT molecular complexity index is 905. The number of aliphatic imine (C=N–C) groups is 1. The molecule has 1 fully saturated rings. The number of nitrogens with two attached hydrogens (primary N) is 2. The van der Waals surface area contributed by atoms with Gasteiger partial charge in [0.1, 0.15) is 17.2 Å². The maximum absolute atomic E-state index is 14.1. The number of nitrogens with zero attached hydrogens (tertiary/aromatic N) is 2. The molecule has 1 saturated heterocycles. The first-order valence-electron chi connectivity index (χ1n) is 9.65. The van der Waals surface area contributed by atoms with Gasteiger partial charge in [-0.15, -0.1) is 0 Å². The van der Waals surface area contributed by atoms with E-state index < -0.39 is 41.5 Å². The van der Waals surface area contributed by atoms with E-state index in [1.54, 1.807) is 0 Å². The Labute approximate surface area is 181 Å². The van der Waals surface area contributed by atoms with Crippen LogP contribution in [0.25, 0.3) is 0 Å². The van der Waals surface area contributed by atoms with E-state index in [4.69, 9.17) is 20.9 Å². The van der Waals surface area contributed by atoms with Gasteiger partial charge in [0.05, 0.1) is 30.9 Å². The smallest absolute Gasteiger partial charge is 0.419 e. The minimum absolute atomic E-state index is 0.0275. The van der Waals surface area contributed by atoms with E-state index in [1.807, 2.05) is 0 Å². The number of rotatable bonds is 8. The molecule has 0 unspecified atom stereocenters. The summed E-state index contributed by atoms with van der Waals surface area (Å²) in [6, 6.07) is 2.26. The lowest BCUT2D eigenvalue weighted by Crippen LogP contribution is -2.38. The number of ketones is 1. The van der Waals surface area contributed by atoms with Crippen molar-refractivity contribution in [2.75, 3.05) is 46.0 Å². The standard InChI is InChI=1S/C20H24F4N4O4/c1-12(25)16(18(26)27-5-6-28-7-9-31-10-8-28)19(30)32-11-15(29)13-3-2-4-14(17(13)21)20(22,23)24/h2-4H,5-11,25H2,1H3,(H2,26,27). The summed E-state index contributed by atoms with van der Waals surface area (Å²) in [6.07, 6.45) is -4.98. The van der Waals surface area contributed by atoms with Crippen LogP contribution in [0.4, 0.5) is 17.6 Å². The van der Waals surface area contributed by atoms with Gasteiger partial charge in [0.25, 0.3) is 0 Å². The number of allylic oxidation sites excluding steroid dienone is 1. The minimum atomic E-state index is -4.98. The fraction of sp³-hybridized carbons (Fsp3) is 0.450. The van der Waals surface area contributed by atoms with Crippen LogP contribution in [0.5, 0.6) is 0 Å². The Kier molecular flexibility index (Phi) is 8.72. The van der Waals surface area contributed by atoms with Crippen molar-refractivity contribution in [1.82, 2.24) is 4.90 Å². The van der Waals surface area contributed by atoms with Crippen molar-refractivity contribution in [3.8, 4) is 0 Å². The Hall–Kier alpha value is -2.99. The molecule has 1 heterocycles. The van der Waals surface area contributed by atoms with Crippen LogP contribution in [0.15, 0.2) is 34.5 Å². The minimum Gasteiger partial charge on any atom is -0.454 e. The molecule has 0 spiro atoms. The van der Waals surface area contributed by atoms with Crippen molar-refractivity contribution < 1.29 is 36.6 Å². The molecule has 1 aliphatic heterocycles. The number of Topliss-reactive ketones (excluding diaryl/α,β-unsaturated/α-hetero) is 1. The van der Waals surface area contributed by atoms with E-state index in [0.29, 0.717) is 25.8 Å². The van der Waals surface area contributed by atoms with Gasteiger partial charge in [-0.25, -0.2) is 9.18 Å². The Morgan fingerprint density at radius 1 is 1.22 bits per heavy atom. The van der Waals surface area contributed by atoms with Crippen molar-refractivity contribution in [1.29, 1.82) is 0 Å². The number of carbonyl (C=O) groups excluding carboxylic acids is 2. The fourth-order valence-corrected chi connectivity index (χ4v) is 2.93. The summed E-state index contributed by atoms with van der Waals surface area (Å²) in [5.41, 5.74) is 8.78. The molecule has 0 bridgehead atoms. The van der Waals surface area contributed by atoms with Gasteiger partial charge < -0.3 is 20.9 Å².